The van der Waals surface area contributed by atoms with Crippen LogP contribution in [0.2, 0.25) is 0 Å². The lowest BCUT2D eigenvalue weighted by Gasteiger charge is -2.30. The smallest absolute Gasteiger partial charge is 0.408 e. The summed E-state index contributed by atoms with van der Waals surface area (Å²) >= 11 is 0. The lowest BCUT2D eigenvalue weighted by Crippen LogP contribution is -2.46. The molecule has 1 spiro atoms. The van der Waals surface area contributed by atoms with Gasteiger partial charge in [-0.2, -0.15) is 0 Å². The molecule has 0 bridgehead atoms. The van der Waals surface area contributed by atoms with Gasteiger partial charge >= 0.3 is 6.09 Å². The van der Waals surface area contributed by atoms with E-state index in [1.807, 2.05) is 27.7 Å². The molecule has 0 radical (unpaired) electrons. The molecule has 3 fully saturated rings. The van der Waals surface area contributed by atoms with Crippen molar-refractivity contribution >= 4 is 12.0 Å². The fraction of sp³-hybridized carbons (Fsp3) is 0.704. The number of ether oxygens (including phenoxy) is 5. The van der Waals surface area contributed by atoms with E-state index in [2.05, 4.69) is 35.8 Å². The average molecular weight is 507 g/mol. The number of allylic oxidation sites excluding steroid dienone is 2. The van der Waals surface area contributed by atoms with E-state index in [0.717, 1.165) is 25.0 Å². The van der Waals surface area contributed by atoms with Crippen LogP contribution in [-0.2, 0) is 28.5 Å². The molecule has 3 heterocycles. The second kappa shape index (κ2) is 12.4. The molecule has 9 heteroatoms. The van der Waals surface area contributed by atoms with Crippen LogP contribution in [0.1, 0.15) is 60.8 Å². The number of epoxide rings is 1. The summed E-state index contributed by atoms with van der Waals surface area (Å²) in [5.41, 5.74) is 0.771. The number of amides is 2. The lowest BCUT2D eigenvalue weighted by molar-refractivity contribution is -0.187. The van der Waals surface area contributed by atoms with Crippen LogP contribution in [0, 0.1) is 0 Å². The van der Waals surface area contributed by atoms with Crippen molar-refractivity contribution in [3.8, 4) is 0 Å². The zero-order chi connectivity index (χ0) is 26.3. The minimum Gasteiger partial charge on any atom is -0.442 e. The normalized spacial score (nSPS) is 32.0. The molecule has 36 heavy (non-hydrogen) atoms. The van der Waals surface area contributed by atoms with Gasteiger partial charge in [-0.05, 0) is 47.6 Å². The number of alkyl carbamates (subject to hydrolysis) is 1. The van der Waals surface area contributed by atoms with E-state index in [9.17, 15) is 9.59 Å². The van der Waals surface area contributed by atoms with Gasteiger partial charge in [0, 0.05) is 30.9 Å². The highest BCUT2D eigenvalue weighted by molar-refractivity contribution is 5.87. The SMILES string of the molecule is CC(C=C[C@@H]1C[C@@]2(CO2)CC(C)O1)=CCC1OCC(NC(=O)C=CC(C)OC(=O)NC(C)(C)C)CO1. The second-order valence-corrected chi connectivity index (χ2v) is 11.1. The minimum absolute atomic E-state index is 0.0461. The topological polar surface area (TPSA) is 108 Å². The fourth-order valence-corrected chi connectivity index (χ4v) is 4.21. The summed E-state index contributed by atoms with van der Waals surface area (Å²) in [6.07, 6.45) is 10.5. The quantitative estimate of drug-likeness (QED) is 0.295. The first-order valence-corrected chi connectivity index (χ1v) is 12.8. The fourth-order valence-electron chi connectivity index (χ4n) is 4.21. The van der Waals surface area contributed by atoms with Crippen molar-refractivity contribution in [3.05, 3.63) is 36.0 Å². The summed E-state index contributed by atoms with van der Waals surface area (Å²) in [5, 5.41) is 5.55. The van der Waals surface area contributed by atoms with Crippen molar-refractivity contribution in [2.75, 3.05) is 19.8 Å². The average Bonchev–Trinajstić information content (AvgIpc) is 3.51. The molecule has 3 saturated heterocycles. The molecule has 2 amide bonds. The third-order valence-corrected chi connectivity index (χ3v) is 6.00. The predicted molar refractivity (Wildman–Crippen MR) is 135 cm³/mol. The van der Waals surface area contributed by atoms with Crippen molar-refractivity contribution in [1.29, 1.82) is 0 Å². The number of hydrogen-bond acceptors (Lipinski definition) is 7. The van der Waals surface area contributed by atoms with Crippen molar-refractivity contribution in [2.45, 2.75) is 103 Å². The van der Waals surface area contributed by atoms with Crippen molar-refractivity contribution in [3.63, 3.8) is 0 Å². The molecule has 202 valence electrons. The third-order valence-electron chi connectivity index (χ3n) is 6.00. The lowest BCUT2D eigenvalue weighted by atomic mass is 9.92. The molecule has 0 aromatic rings. The Morgan fingerprint density at radius 1 is 1.17 bits per heavy atom. The zero-order valence-corrected chi connectivity index (χ0v) is 22.4. The number of carbonyl (C=O) groups is 2. The molecule has 3 aliphatic rings. The van der Waals surface area contributed by atoms with Gasteiger partial charge in [-0.15, -0.1) is 0 Å². The highest BCUT2D eigenvalue weighted by Crippen LogP contribution is 2.42. The maximum atomic E-state index is 12.2. The van der Waals surface area contributed by atoms with Crippen LogP contribution in [0.5, 0.6) is 0 Å². The molecule has 0 aromatic carbocycles. The molecule has 4 atom stereocenters. The number of nitrogens with one attached hydrogen (secondary N) is 2. The van der Waals surface area contributed by atoms with Gasteiger partial charge in [-0.1, -0.05) is 23.8 Å². The van der Waals surface area contributed by atoms with Gasteiger partial charge in [-0.3, -0.25) is 4.79 Å². The highest BCUT2D eigenvalue weighted by atomic mass is 16.7. The number of hydrogen-bond donors (Lipinski definition) is 2. The van der Waals surface area contributed by atoms with Gasteiger partial charge in [0.05, 0.1) is 43.7 Å². The summed E-state index contributed by atoms with van der Waals surface area (Å²) in [4.78, 5) is 24.0. The highest BCUT2D eigenvalue weighted by Gasteiger charge is 2.50. The van der Waals surface area contributed by atoms with E-state index in [1.54, 1.807) is 6.92 Å². The first-order valence-electron chi connectivity index (χ1n) is 12.8. The summed E-state index contributed by atoms with van der Waals surface area (Å²) in [6.45, 7) is 13.0. The first-order chi connectivity index (χ1) is 16.9. The summed E-state index contributed by atoms with van der Waals surface area (Å²) in [5.74, 6) is -0.296. The van der Waals surface area contributed by atoms with Crippen molar-refractivity contribution < 1.29 is 33.3 Å². The molecule has 3 aliphatic heterocycles. The van der Waals surface area contributed by atoms with Crippen LogP contribution in [0.25, 0.3) is 0 Å². The van der Waals surface area contributed by atoms with E-state index in [4.69, 9.17) is 23.7 Å². The van der Waals surface area contributed by atoms with E-state index < -0.39 is 12.2 Å². The minimum atomic E-state index is -0.540. The van der Waals surface area contributed by atoms with Gasteiger partial charge in [-0.25, -0.2) is 4.79 Å². The molecule has 2 N–H and O–H groups in total. The Morgan fingerprint density at radius 3 is 2.50 bits per heavy atom. The largest absolute Gasteiger partial charge is 0.442 e. The Hall–Kier alpha value is -2.20. The maximum Gasteiger partial charge on any atom is 0.408 e. The van der Waals surface area contributed by atoms with E-state index in [0.29, 0.717) is 19.6 Å². The Morgan fingerprint density at radius 2 is 1.86 bits per heavy atom. The molecular formula is C27H42N2O7. The van der Waals surface area contributed by atoms with Crippen LogP contribution in [0.4, 0.5) is 4.79 Å². The second-order valence-electron chi connectivity index (χ2n) is 11.1. The number of rotatable bonds is 8. The molecule has 3 rings (SSSR count). The maximum absolute atomic E-state index is 12.2. The van der Waals surface area contributed by atoms with Crippen molar-refractivity contribution in [1.82, 2.24) is 10.6 Å². The molecular weight excluding hydrogens is 464 g/mol. The Kier molecular flexibility index (Phi) is 9.74. The van der Waals surface area contributed by atoms with Crippen LogP contribution in [0.15, 0.2) is 36.0 Å². The Balaban J connectivity index is 1.32. The van der Waals surface area contributed by atoms with Gasteiger partial charge in [0.1, 0.15) is 6.10 Å². The Bertz CT molecular complexity index is 849. The van der Waals surface area contributed by atoms with Crippen LogP contribution >= 0.6 is 0 Å². The predicted octanol–water partition coefficient (Wildman–Crippen LogP) is 3.54. The Labute approximate surface area is 214 Å². The van der Waals surface area contributed by atoms with E-state index in [1.165, 1.54) is 12.2 Å². The molecule has 2 unspecified atom stereocenters. The number of carbonyl (C=O) groups excluding carboxylic acids is 2. The third kappa shape index (κ3) is 10.0. The molecule has 0 aromatic heterocycles. The van der Waals surface area contributed by atoms with Crippen LogP contribution in [-0.4, -0.2) is 73.6 Å². The first kappa shape index (κ1) is 28.4. The molecule has 0 aliphatic carbocycles. The van der Waals surface area contributed by atoms with Crippen molar-refractivity contribution in [2.24, 2.45) is 0 Å². The summed E-state index contributed by atoms with van der Waals surface area (Å²) in [7, 11) is 0. The van der Waals surface area contributed by atoms with E-state index >= 15 is 0 Å². The van der Waals surface area contributed by atoms with Crippen LogP contribution < -0.4 is 10.6 Å². The van der Waals surface area contributed by atoms with Gasteiger partial charge in [0.15, 0.2) is 6.29 Å². The van der Waals surface area contributed by atoms with Crippen LogP contribution in [0.3, 0.4) is 0 Å². The molecule has 9 nitrogen and oxygen atoms in total. The monoisotopic (exact) mass is 506 g/mol. The summed E-state index contributed by atoms with van der Waals surface area (Å²) in [6, 6.07) is -0.244. The molecule has 0 saturated carbocycles. The zero-order valence-electron chi connectivity index (χ0n) is 22.4. The van der Waals surface area contributed by atoms with E-state index in [-0.39, 0.29) is 41.6 Å². The standard InChI is InChI=1S/C27H42N2O7/c1-18(7-10-22-14-27(17-34-27)13-20(3)35-22)8-12-24-32-15-21(16-33-24)28-23(30)11-9-19(2)36-25(31)29-26(4,5)6/h7-11,19-22,24H,12-17H2,1-6H3,(H,28,30)(H,29,31)/t19?,20?,21?,22-,24?,27-/m1/s1. The van der Waals surface area contributed by atoms with Gasteiger partial charge < -0.3 is 34.3 Å². The van der Waals surface area contributed by atoms with Gasteiger partial charge in [0.25, 0.3) is 0 Å². The van der Waals surface area contributed by atoms with Gasteiger partial charge in [0.2, 0.25) is 5.91 Å². The summed E-state index contributed by atoms with van der Waals surface area (Å²) < 4.78 is 28.4.